The minimum absolute atomic E-state index is 0.314. The highest BCUT2D eigenvalue weighted by molar-refractivity contribution is 5.30. The summed E-state index contributed by atoms with van der Waals surface area (Å²) < 4.78 is 3.78. The average molecular weight is 325 g/mol. The molecule has 0 spiro atoms. The Morgan fingerprint density at radius 2 is 1.96 bits per heavy atom. The molecular formula is C17H23N7. The van der Waals surface area contributed by atoms with Crippen molar-refractivity contribution in [2.45, 2.75) is 38.8 Å². The zero-order valence-corrected chi connectivity index (χ0v) is 14.1. The fourth-order valence-corrected chi connectivity index (χ4v) is 2.63. The predicted molar refractivity (Wildman–Crippen MR) is 91.9 cm³/mol. The number of aryl methyl sites for hydroxylation is 1. The molecule has 1 aromatic carbocycles. The van der Waals surface area contributed by atoms with Crippen LogP contribution in [-0.2, 0) is 6.42 Å². The van der Waals surface area contributed by atoms with Crippen LogP contribution in [0, 0.1) is 0 Å². The van der Waals surface area contributed by atoms with E-state index in [1.165, 1.54) is 0 Å². The monoisotopic (exact) mass is 325 g/mol. The Kier molecular flexibility index (Phi) is 5.32. The predicted octanol–water partition coefficient (Wildman–Crippen LogP) is 2.03. The van der Waals surface area contributed by atoms with Crippen LogP contribution < -0.4 is 5.32 Å². The highest BCUT2D eigenvalue weighted by atomic mass is 15.5. The lowest BCUT2D eigenvalue weighted by Gasteiger charge is -2.21. The molecular weight excluding hydrogens is 302 g/mol. The smallest absolute Gasteiger partial charge is 0.156 e. The van der Waals surface area contributed by atoms with Gasteiger partial charge in [-0.05, 0) is 55.4 Å². The number of nitrogens with zero attached hydrogens (tertiary/aromatic N) is 6. The van der Waals surface area contributed by atoms with Crippen molar-refractivity contribution in [2.75, 3.05) is 6.54 Å². The van der Waals surface area contributed by atoms with E-state index in [9.17, 15) is 0 Å². The van der Waals surface area contributed by atoms with Crippen LogP contribution in [0.3, 0.4) is 0 Å². The first-order valence-corrected chi connectivity index (χ1v) is 8.31. The van der Waals surface area contributed by atoms with Gasteiger partial charge in [-0.15, -0.1) is 5.10 Å². The van der Waals surface area contributed by atoms with Crippen LogP contribution in [0.4, 0.5) is 0 Å². The maximum Gasteiger partial charge on any atom is 0.156 e. The Balaban J connectivity index is 1.48. The van der Waals surface area contributed by atoms with Crippen molar-refractivity contribution in [1.29, 1.82) is 0 Å². The highest BCUT2D eigenvalue weighted by Gasteiger charge is 2.13. The van der Waals surface area contributed by atoms with Gasteiger partial charge in [-0.1, -0.05) is 18.2 Å². The van der Waals surface area contributed by atoms with E-state index in [-0.39, 0.29) is 0 Å². The van der Waals surface area contributed by atoms with E-state index in [1.807, 2.05) is 53.5 Å². The standard InChI is InChI=1S/C17H23N7/c1-14(15(2)23-13-7-12-19-23)18-11-6-10-17-20-21-22-24(17)16-8-4-3-5-9-16/h3-5,7-9,12-15,18H,6,10-11H2,1-2H3/t14-,15-/m0/s1. The van der Waals surface area contributed by atoms with Crippen LogP contribution in [0.25, 0.3) is 5.69 Å². The summed E-state index contributed by atoms with van der Waals surface area (Å²) in [4.78, 5) is 0. The second-order valence-corrected chi connectivity index (χ2v) is 5.92. The Labute approximate surface area is 141 Å². The maximum atomic E-state index is 4.30. The van der Waals surface area contributed by atoms with Gasteiger partial charge in [0.1, 0.15) is 0 Å². The molecule has 1 N–H and O–H groups in total. The van der Waals surface area contributed by atoms with Gasteiger partial charge in [0.15, 0.2) is 5.82 Å². The summed E-state index contributed by atoms with van der Waals surface area (Å²) in [6, 6.07) is 12.6. The molecule has 0 amide bonds. The number of hydrogen-bond donors (Lipinski definition) is 1. The number of nitrogens with one attached hydrogen (secondary N) is 1. The summed E-state index contributed by atoms with van der Waals surface area (Å²) in [5, 5.41) is 19.9. The molecule has 2 aromatic heterocycles. The zero-order valence-electron chi connectivity index (χ0n) is 14.1. The summed E-state index contributed by atoms with van der Waals surface area (Å²) in [6.07, 6.45) is 5.62. The van der Waals surface area contributed by atoms with Crippen molar-refractivity contribution in [3.05, 3.63) is 54.6 Å². The van der Waals surface area contributed by atoms with E-state index in [2.05, 4.69) is 39.8 Å². The number of rotatable bonds is 8. The summed E-state index contributed by atoms with van der Waals surface area (Å²) in [5.74, 6) is 0.885. The van der Waals surface area contributed by atoms with Crippen molar-refractivity contribution in [3.8, 4) is 5.69 Å². The van der Waals surface area contributed by atoms with Gasteiger partial charge in [0.25, 0.3) is 0 Å². The van der Waals surface area contributed by atoms with Gasteiger partial charge in [-0.2, -0.15) is 9.78 Å². The molecule has 3 aromatic rings. The lowest BCUT2D eigenvalue weighted by molar-refractivity contribution is 0.364. The Hall–Kier alpha value is -2.54. The fourth-order valence-electron chi connectivity index (χ4n) is 2.63. The molecule has 2 atom stereocenters. The molecule has 0 aliphatic rings. The van der Waals surface area contributed by atoms with Gasteiger partial charge in [0.05, 0.1) is 11.7 Å². The summed E-state index contributed by atoms with van der Waals surface area (Å²) in [6.45, 7) is 5.26. The molecule has 0 radical (unpaired) electrons. The van der Waals surface area contributed by atoms with Gasteiger partial charge >= 0.3 is 0 Å². The quantitative estimate of drug-likeness (QED) is 0.642. The van der Waals surface area contributed by atoms with Crippen molar-refractivity contribution in [2.24, 2.45) is 0 Å². The molecule has 7 heteroatoms. The second-order valence-electron chi connectivity index (χ2n) is 5.92. The van der Waals surface area contributed by atoms with E-state index in [1.54, 1.807) is 4.68 Å². The minimum Gasteiger partial charge on any atom is -0.312 e. The Morgan fingerprint density at radius 1 is 1.12 bits per heavy atom. The first-order valence-electron chi connectivity index (χ1n) is 8.31. The summed E-state index contributed by atoms with van der Waals surface area (Å²) >= 11 is 0. The molecule has 0 fully saturated rings. The number of tetrazole rings is 1. The molecule has 0 saturated heterocycles. The Bertz CT molecular complexity index is 721. The van der Waals surface area contributed by atoms with Gasteiger partial charge in [-0.25, -0.2) is 0 Å². The van der Waals surface area contributed by atoms with Gasteiger partial charge in [0, 0.05) is 24.9 Å². The van der Waals surface area contributed by atoms with Crippen LogP contribution in [0.5, 0.6) is 0 Å². The van der Waals surface area contributed by atoms with E-state index in [0.29, 0.717) is 12.1 Å². The average Bonchev–Trinajstić information content (AvgIpc) is 3.30. The molecule has 0 aliphatic heterocycles. The lowest BCUT2D eigenvalue weighted by Crippen LogP contribution is -2.34. The molecule has 24 heavy (non-hydrogen) atoms. The van der Waals surface area contributed by atoms with Crippen LogP contribution in [0.1, 0.15) is 32.1 Å². The molecule has 3 rings (SSSR count). The second kappa shape index (κ2) is 7.83. The summed E-state index contributed by atoms with van der Waals surface area (Å²) in [7, 11) is 0. The van der Waals surface area contributed by atoms with Crippen LogP contribution in [0.15, 0.2) is 48.8 Å². The van der Waals surface area contributed by atoms with Gasteiger partial charge in [0.2, 0.25) is 0 Å². The molecule has 0 saturated carbocycles. The van der Waals surface area contributed by atoms with Crippen molar-refractivity contribution in [3.63, 3.8) is 0 Å². The molecule has 2 heterocycles. The van der Waals surface area contributed by atoms with Gasteiger partial charge < -0.3 is 5.32 Å². The zero-order chi connectivity index (χ0) is 16.8. The number of benzene rings is 1. The molecule has 0 aliphatic carbocycles. The molecule has 0 unspecified atom stereocenters. The van der Waals surface area contributed by atoms with E-state index in [4.69, 9.17) is 0 Å². The van der Waals surface area contributed by atoms with Crippen LogP contribution >= 0.6 is 0 Å². The third-order valence-corrected chi connectivity index (χ3v) is 4.24. The van der Waals surface area contributed by atoms with E-state index >= 15 is 0 Å². The van der Waals surface area contributed by atoms with Gasteiger partial charge in [-0.3, -0.25) is 4.68 Å². The first-order chi connectivity index (χ1) is 11.8. The third-order valence-electron chi connectivity index (χ3n) is 4.24. The molecule has 7 nitrogen and oxygen atoms in total. The lowest BCUT2D eigenvalue weighted by atomic mass is 10.1. The van der Waals surface area contributed by atoms with Crippen molar-refractivity contribution in [1.82, 2.24) is 35.3 Å². The topological polar surface area (TPSA) is 73.5 Å². The fraction of sp³-hybridized carbons (Fsp3) is 0.412. The van der Waals surface area contributed by atoms with Crippen LogP contribution in [0.2, 0.25) is 0 Å². The largest absolute Gasteiger partial charge is 0.312 e. The normalized spacial score (nSPS) is 13.8. The molecule has 126 valence electrons. The molecule has 0 bridgehead atoms. The maximum absolute atomic E-state index is 4.30. The SMILES string of the molecule is C[C@H](NCCCc1nnnn1-c1ccccc1)[C@H](C)n1cccn1. The minimum atomic E-state index is 0.314. The van der Waals surface area contributed by atoms with Crippen molar-refractivity contribution < 1.29 is 0 Å². The van der Waals surface area contributed by atoms with Crippen LogP contribution in [-0.4, -0.2) is 42.6 Å². The third kappa shape index (κ3) is 3.86. The number of aromatic nitrogens is 6. The van der Waals surface area contributed by atoms with E-state index < -0.39 is 0 Å². The van der Waals surface area contributed by atoms with E-state index in [0.717, 1.165) is 30.9 Å². The highest BCUT2D eigenvalue weighted by Crippen LogP contribution is 2.10. The Morgan fingerprint density at radius 3 is 2.71 bits per heavy atom. The first kappa shape index (κ1) is 16.3. The number of hydrogen-bond acceptors (Lipinski definition) is 5. The van der Waals surface area contributed by atoms with Crippen molar-refractivity contribution >= 4 is 0 Å². The number of para-hydroxylation sites is 1. The summed E-state index contributed by atoms with van der Waals surface area (Å²) in [5.41, 5.74) is 0.992.